The molecular weight excluding hydrogens is 266 g/mol. The van der Waals surface area contributed by atoms with Gasteiger partial charge in [0.15, 0.2) is 0 Å². The molecule has 0 aromatic rings. The largest absolute Gasteiger partial charge is 0.198 e. The highest BCUT2D eigenvalue weighted by Crippen LogP contribution is 2.52. The Labute approximate surface area is 137 Å². The molecule has 1 heteroatoms. The van der Waals surface area contributed by atoms with Gasteiger partial charge in [-0.05, 0) is 81.0 Å². The van der Waals surface area contributed by atoms with Crippen molar-refractivity contribution in [1.82, 2.24) is 0 Å². The van der Waals surface area contributed by atoms with Crippen LogP contribution in [0.15, 0.2) is 0 Å². The summed E-state index contributed by atoms with van der Waals surface area (Å²) in [4.78, 5) is 0. The summed E-state index contributed by atoms with van der Waals surface area (Å²) in [6.07, 6.45) is 16.3. The number of rotatable bonds is 2. The second kappa shape index (κ2) is 6.94. The maximum absolute atomic E-state index is 9.94. The van der Waals surface area contributed by atoms with Crippen molar-refractivity contribution >= 4 is 0 Å². The molecule has 1 nitrogen and oxygen atoms in total. The van der Waals surface area contributed by atoms with Crippen LogP contribution in [0.3, 0.4) is 0 Å². The van der Waals surface area contributed by atoms with Crippen LogP contribution in [0.4, 0.5) is 0 Å². The Hall–Kier alpha value is -0.510. The van der Waals surface area contributed by atoms with Gasteiger partial charge in [-0.1, -0.05) is 39.5 Å². The predicted octanol–water partition coefficient (Wildman–Crippen LogP) is 6.34. The molecule has 3 aliphatic rings. The molecule has 124 valence electrons. The standard InChI is InChI=1S/C21H35N/c1-16-3-7-18(8-4-16)19-11-13-21(15-22,14-12-19)20-9-5-17(2)6-10-20/h16-20H,3-14H2,1-2H3/t16?,17-,18?,19-,20-,21-. The minimum absolute atomic E-state index is 0.0542. The molecule has 0 bridgehead atoms. The molecule has 3 aliphatic carbocycles. The van der Waals surface area contributed by atoms with E-state index in [1.54, 1.807) is 0 Å². The fourth-order valence-corrected chi connectivity index (χ4v) is 5.81. The van der Waals surface area contributed by atoms with Gasteiger partial charge in [-0.3, -0.25) is 0 Å². The molecule has 0 N–H and O–H groups in total. The molecule has 0 atom stereocenters. The Morgan fingerprint density at radius 2 is 1.14 bits per heavy atom. The minimum atomic E-state index is 0.0542. The molecule has 0 heterocycles. The summed E-state index contributed by atoms with van der Waals surface area (Å²) in [6, 6.07) is 2.83. The lowest BCUT2D eigenvalue weighted by molar-refractivity contribution is 0.0641. The van der Waals surface area contributed by atoms with E-state index in [0.29, 0.717) is 5.92 Å². The summed E-state index contributed by atoms with van der Waals surface area (Å²) in [6.45, 7) is 4.80. The highest BCUT2D eigenvalue weighted by atomic mass is 14.5. The van der Waals surface area contributed by atoms with Crippen molar-refractivity contribution in [3.63, 3.8) is 0 Å². The van der Waals surface area contributed by atoms with Gasteiger partial charge in [-0.15, -0.1) is 0 Å². The molecule has 22 heavy (non-hydrogen) atoms. The van der Waals surface area contributed by atoms with Crippen LogP contribution in [0, 0.1) is 46.3 Å². The first-order valence-electron chi connectivity index (χ1n) is 10.0. The van der Waals surface area contributed by atoms with E-state index in [1.807, 2.05) is 0 Å². The van der Waals surface area contributed by atoms with Crippen LogP contribution in [0.1, 0.15) is 90.9 Å². The molecule has 0 unspecified atom stereocenters. The molecule has 3 saturated carbocycles. The van der Waals surface area contributed by atoms with Crippen molar-refractivity contribution < 1.29 is 0 Å². The zero-order valence-electron chi connectivity index (χ0n) is 14.8. The minimum Gasteiger partial charge on any atom is -0.198 e. The van der Waals surface area contributed by atoms with Crippen molar-refractivity contribution in [2.75, 3.05) is 0 Å². The summed E-state index contributed by atoms with van der Waals surface area (Å²) >= 11 is 0. The van der Waals surface area contributed by atoms with Crippen LogP contribution in [-0.4, -0.2) is 0 Å². The van der Waals surface area contributed by atoms with Crippen LogP contribution in [0.2, 0.25) is 0 Å². The van der Waals surface area contributed by atoms with E-state index in [9.17, 15) is 5.26 Å². The number of hydrogen-bond donors (Lipinski definition) is 0. The molecule has 0 aromatic carbocycles. The first-order chi connectivity index (χ1) is 10.6. The quantitative estimate of drug-likeness (QED) is 0.584. The molecular formula is C21H35N. The molecule has 0 aliphatic heterocycles. The number of nitriles is 1. The first kappa shape index (κ1) is 16.4. The van der Waals surface area contributed by atoms with Crippen molar-refractivity contribution in [2.24, 2.45) is 35.0 Å². The molecule has 3 fully saturated rings. The fourth-order valence-electron chi connectivity index (χ4n) is 5.81. The van der Waals surface area contributed by atoms with Gasteiger partial charge in [0, 0.05) is 0 Å². The highest BCUT2D eigenvalue weighted by molar-refractivity contribution is 5.06. The lowest BCUT2D eigenvalue weighted by atomic mass is 9.58. The van der Waals surface area contributed by atoms with E-state index < -0.39 is 0 Å². The van der Waals surface area contributed by atoms with Crippen LogP contribution in [0.25, 0.3) is 0 Å². The van der Waals surface area contributed by atoms with E-state index in [0.717, 1.165) is 23.7 Å². The van der Waals surface area contributed by atoms with Gasteiger partial charge in [0.25, 0.3) is 0 Å². The van der Waals surface area contributed by atoms with Crippen LogP contribution < -0.4 is 0 Å². The lowest BCUT2D eigenvalue weighted by Crippen LogP contribution is -2.37. The molecule has 0 aromatic heterocycles. The van der Waals surface area contributed by atoms with Crippen LogP contribution >= 0.6 is 0 Å². The Kier molecular flexibility index (Phi) is 5.16. The molecule has 0 amide bonds. The van der Waals surface area contributed by atoms with Gasteiger partial charge < -0.3 is 0 Å². The summed E-state index contributed by atoms with van der Waals surface area (Å²) < 4.78 is 0. The third kappa shape index (κ3) is 3.37. The van der Waals surface area contributed by atoms with Gasteiger partial charge in [-0.25, -0.2) is 0 Å². The second-order valence-electron chi connectivity index (χ2n) is 9.08. The number of hydrogen-bond acceptors (Lipinski definition) is 1. The first-order valence-corrected chi connectivity index (χ1v) is 10.0. The van der Waals surface area contributed by atoms with Crippen molar-refractivity contribution in [2.45, 2.75) is 90.9 Å². The average Bonchev–Trinajstić information content (AvgIpc) is 2.56. The van der Waals surface area contributed by atoms with Gasteiger partial charge in [0.1, 0.15) is 0 Å². The summed E-state index contributed by atoms with van der Waals surface area (Å²) in [7, 11) is 0. The normalized spacial score (nSPS) is 46.9. The Balaban J connectivity index is 1.56. The summed E-state index contributed by atoms with van der Waals surface area (Å²) in [5, 5.41) is 9.94. The molecule has 0 spiro atoms. The Bertz CT molecular complexity index is 383. The van der Waals surface area contributed by atoms with Crippen molar-refractivity contribution in [1.29, 1.82) is 5.26 Å². The predicted molar refractivity (Wildman–Crippen MR) is 92.2 cm³/mol. The zero-order valence-corrected chi connectivity index (χ0v) is 14.8. The Morgan fingerprint density at radius 3 is 1.64 bits per heavy atom. The van der Waals surface area contributed by atoms with Crippen molar-refractivity contribution in [3.05, 3.63) is 0 Å². The third-order valence-electron chi connectivity index (χ3n) is 7.67. The van der Waals surface area contributed by atoms with Crippen molar-refractivity contribution in [3.8, 4) is 6.07 Å². The second-order valence-corrected chi connectivity index (χ2v) is 9.08. The Morgan fingerprint density at radius 1 is 0.682 bits per heavy atom. The monoisotopic (exact) mass is 301 g/mol. The maximum atomic E-state index is 9.94. The van der Waals surface area contributed by atoms with Crippen LogP contribution in [-0.2, 0) is 0 Å². The lowest BCUT2D eigenvalue weighted by Gasteiger charge is -2.45. The van der Waals surface area contributed by atoms with E-state index in [1.165, 1.54) is 77.0 Å². The van der Waals surface area contributed by atoms with Gasteiger partial charge in [0.05, 0.1) is 11.5 Å². The van der Waals surface area contributed by atoms with Crippen LogP contribution in [0.5, 0.6) is 0 Å². The smallest absolute Gasteiger partial charge is 0.0692 e. The SMILES string of the molecule is CC1CCC([C@H]2CC[C@](C#N)([C@H]3CC[C@H](C)CC3)CC2)CC1. The highest BCUT2D eigenvalue weighted by Gasteiger charge is 2.44. The maximum Gasteiger partial charge on any atom is 0.0692 e. The topological polar surface area (TPSA) is 23.8 Å². The number of nitrogens with zero attached hydrogens (tertiary/aromatic N) is 1. The molecule has 0 saturated heterocycles. The van der Waals surface area contributed by atoms with E-state index in [-0.39, 0.29) is 5.41 Å². The molecule has 0 radical (unpaired) electrons. The van der Waals surface area contributed by atoms with Gasteiger partial charge in [0.2, 0.25) is 0 Å². The summed E-state index contributed by atoms with van der Waals surface area (Å²) in [5.74, 6) is 4.49. The van der Waals surface area contributed by atoms with E-state index in [4.69, 9.17) is 0 Å². The van der Waals surface area contributed by atoms with Gasteiger partial charge >= 0.3 is 0 Å². The van der Waals surface area contributed by atoms with E-state index in [2.05, 4.69) is 19.9 Å². The molecule has 3 rings (SSSR count). The third-order valence-corrected chi connectivity index (χ3v) is 7.67. The zero-order chi connectivity index (χ0) is 15.6. The fraction of sp³-hybridized carbons (Fsp3) is 0.952. The van der Waals surface area contributed by atoms with E-state index >= 15 is 0 Å². The summed E-state index contributed by atoms with van der Waals surface area (Å²) in [5.41, 5.74) is 0.0542. The average molecular weight is 302 g/mol. The van der Waals surface area contributed by atoms with Gasteiger partial charge in [-0.2, -0.15) is 5.26 Å².